The maximum absolute atomic E-state index is 12.3. The number of anilines is 2. The summed E-state index contributed by atoms with van der Waals surface area (Å²) in [6, 6.07) is 13.6. The minimum Gasteiger partial charge on any atom is -0.325 e. The zero-order valence-electron chi connectivity index (χ0n) is 15.1. The maximum Gasteiger partial charge on any atom is 0.237 e. The Labute approximate surface area is 153 Å². The first kappa shape index (κ1) is 19.1. The molecule has 0 saturated carbocycles. The highest BCUT2D eigenvalue weighted by Gasteiger charge is 2.16. The van der Waals surface area contributed by atoms with Gasteiger partial charge >= 0.3 is 0 Å². The molecule has 4 nitrogen and oxygen atoms in total. The molecule has 0 aliphatic heterocycles. The number of aryl methyl sites for hydroxylation is 3. The molecule has 0 aliphatic rings. The van der Waals surface area contributed by atoms with Gasteiger partial charge in [-0.15, -0.1) is 11.8 Å². The summed E-state index contributed by atoms with van der Waals surface area (Å²) in [6.45, 7) is 7.74. The Hall–Kier alpha value is -2.27. The summed E-state index contributed by atoms with van der Waals surface area (Å²) in [7, 11) is 0. The van der Waals surface area contributed by atoms with Gasteiger partial charge in [0.05, 0.1) is 11.0 Å². The molecule has 0 bridgehead atoms. The SMILES string of the molecule is Cc1cccc(NC(=O)CSC(C)C(=O)Nc2cc(C)ccc2C)c1. The van der Waals surface area contributed by atoms with Gasteiger partial charge in [-0.3, -0.25) is 9.59 Å². The van der Waals surface area contributed by atoms with Crippen molar-refractivity contribution in [2.24, 2.45) is 0 Å². The molecule has 5 heteroatoms. The van der Waals surface area contributed by atoms with Gasteiger partial charge < -0.3 is 10.6 Å². The lowest BCUT2D eigenvalue weighted by Gasteiger charge is -2.14. The third-order valence-corrected chi connectivity index (χ3v) is 4.93. The van der Waals surface area contributed by atoms with Gasteiger partial charge in [-0.25, -0.2) is 0 Å². The molecular weight excluding hydrogens is 332 g/mol. The lowest BCUT2D eigenvalue weighted by atomic mass is 10.1. The molecular formula is C20H24N2O2S. The zero-order chi connectivity index (χ0) is 18.4. The molecule has 25 heavy (non-hydrogen) atoms. The molecule has 2 aromatic rings. The maximum atomic E-state index is 12.3. The second kappa shape index (κ2) is 8.72. The van der Waals surface area contributed by atoms with Crippen molar-refractivity contribution in [1.82, 2.24) is 0 Å². The van der Waals surface area contributed by atoms with Gasteiger partial charge in [0.25, 0.3) is 0 Å². The second-order valence-corrected chi connectivity index (χ2v) is 7.51. The van der Waals surface area contributed by atoms with Crippen molar-refractivity contribution in [3.05, 3.63) is 59.2 Å². The molecule has 0 aromatic heterocycles. The topological polar surface area (TPSA) is 58.2 Å². The Kier molecular flexibility index (Phi) is 6.65. The van der Waals surface area contributed by atoms with Gasteiger partial charge in [-0.2, -0.15) is 0 Å². The molecule has 0 spiro atoms. The summed E-state index contributed by atoms with van der Waals surface area (Å²) in [6.07, 6.45) is 0. The van der Waals surface area contributed by atoms with Crippen molar-refractivity contribution in [2.75, 3.05) is 16.4 Å². The van der Waals surface area contributed by atoms with Crippen LogP contribution in [0.25, 0.3) is 0 Å². The number of hydrogen-bond acceptors (Lipinski definition) is 3. The number of carbonyl (C=O) groups excluding carboxylic acids is 2. The minimum absolute atomic E-state index is 0.0953. The van der Waals surface area contributed by atoms with Gasteiger partial charge in [0.2, 0.25) is 11.8 Å². The van der Waals surface area contributed by atoms with E-state index in [0.717, 1.165) is 28.1 Å². The molecule has 2 rings (SSSR count). The van der Waals surface area contributed by atoms with E-state index in [2.05, 4.69) is 10.6 Å². The summed E-state index contributed by atoms with van der Waals surface area (Å²) < 4.78 is 0. The van der Waals surface area contributed by atoms with Crippen molar-refractivity contribution < 1.29 is 9.59 Å². The van der Waals surface area contributed by atoms with E-state index < -0.39 is 0 Å². The van der Waals surface area contributed by atoms with Crippen LogP contribution in [-0.4, -0.2) is 22.8 Å². The Bertz CT molecular complexity index is 774. The normalized spacial score (nSPS) is 11.7. The predicted octanol–water partition coefficient (Wildman–Crippen LogP) is 4.31. The number of rotatable bonds is 6. The fourth-order valence-electron chi connectivity index (χ4n) is 2.30. The van der Waals surface area contributed by atoms with Crippen molar-refractivity contribution in [3.63, 3.8) is 0 Å². The van der Waals surface area contributed by atoms with Crippen LogP contribution in [-0.2, 0) is 9.59 Å². The molecule has 1 atom stereocenters. The highest BCUT2D eigenvalue weighted by Crippen LogP contribution is 2.19. The third kappa shape index (κ3) is 5.94. The van der Waals surface area contributed by atoms with E-state index in [1.807, 2.05) is 70.2 Å². The van der Waals surface area contributed by atoms with Crippen molar-refractivity contribution >= 4 is 35.0 Å². The van der Waals surface area contributed by atoms with Crippen molar-refractivity contribution in [1.29, 1.82) is 0 Å². The molecule has 0 heterocycles. The largest absolute Gasteiger partial charge is 0.325 e. The Morgan fingerprint density at radius 2 is 1.72 bits per heavy atom. The van der Waals surface area contributed by atoms with Crippen molar-refractivity contribution in [2.45, 2.75) is 32.9 Å². The summed E-state index contributed by atoms with van der Waals surface area (Å²) in [4.78, 5) is 24.4. The van der Waals surface area contributed by atoms with Crippen molar-refractivity contribution in [3.8, 4) is 0 Å². The second-order valence-electron chi connectivity index (χ2n) is 6.18. The average molecular weight is 356 g/mol. The van der Waals surface area contributed by atoms with Crippen LogP contribution >= 0.6 is 11.8 Å². The molecule has 0 aliphatic carbocycles. The third-order valence-electron chi connectivity index (χ3n) is 3.79. The lowest BCUT2D eigenvalue weighted by molar-refractivity contribution is -0.115. The number of amides is 2. The number of thioether (sulfide) groups is 1. The highest BCUT2D eigenvalue weighted by atomic mass is 32.2. The van der Waals surface area contributed by atoms with Gasteiger partial charge in [-0.05, 0) is 62.6 Å². The van der Waals surface area contributed by atoms with E-state index in [0.29, 0.717) is 0 Å². The fourth-order valence-corrected chi connectivity index (χ4v) is 2.98. The van der Waals surface area contributed by atoms with Gasteiger partial charge in [0.1, 0.15) is 0 Å². The predicted molar refractivity (Wildman–Crippen MR) is 106 cm³/mol. The highest BCUT2D eigenvalue weighted by molar-refractivity contribution is 8.01. The molecule has 2 N–H and O–H groups in total. The van der Waals surface area contributed by atoms with Gasteiger partial charge in [0, 0.05) is 11.4 Å². The van der Waals surface area contributed by atoms with Gasteiger partial charge in [0.15, 0.2) is 0 Å². The molecule has 0 fully saturated rings. The number of nitrogens with one attached hydrogen (secondary N) is 2. The van der Waals surface area contributed by atoms with E-state index in [9.17, 15) is 9.59 Å². The van der Waals surface area contributed by atoms with Crippen LogP contribution in [0.3, 0.4) is 0 Å². The summed E-state index contributed by atoms with van der Waals surface area (Å²) >= 11 is 1.32. The van der Waals surface area contributed by atoms with E-state index in [1.165, 1.54) is 11.8 Å². The molecule has 1 unspecified atom stereocenters. The first-order valence-electron chi connectivity index (χ1n) is 8.21. The first-order chi connectivity index (χ1) is 11.8. The van der Waals surface area contributed by atoms with E-state index >= 15 is 0 Å². The number of carbonyl (C=O) groups is 2. The Morgan fingerprint density at radius 3 is 2.44 bits per heavy atom. The lowest BCUT2D eigenvalue weighted by Crippen LogP contribution is -2.25. The summed E-state index contributed by atoms with van der Waals surface area (Å²) in [5, 5.41) is 5.48. The fraction of sp³-hybridized carbons (Fsp3) is 0.300. The molecule has 0 saturated heterocycles. The molecule has 0 radical (unpaired) electrons. The number of benzene rings is 2. The quantitative estimate of drug-likeness (QED) is 0.811. The summed E-state index contributed by atoms with van der Waals surface area (Å²) in [5.41, 5.74) is 4.80. The first-order valence-corrected chi connectivity index (χ1v) is 9.26. The summed E-state index contributed by atoms with van der Waals surface area (Å²) in [5.74, 6) is 0.0269. The molecule has 2 aromatic carbocycles. The van der Waals surface area contributed by atoms with Crippen LogP contribution in [0.4, 0.5) is 11.4 Å². The average Bonchev–Trinajstić information content (AvgIpc) is 2.56. The number of hydrogen-bond donors (Lipinski definition) is 2. The van der Waals surface area contributed by atoms with E-state index in [-0.39, 0.29) is 22.8 Å². The monoisotopic (exact) mass is 356 g/mol. The Morgan fingerprint density at radius 1 is 1.00 bits per heavy atom. The molecule has 2 amide bonds. The molecule has 132 valence electrons. The van der Waals surface area contributed by atoms with Crippen LogP contribution in [0.1, 0.15) is 23.6 Å². The van der Waals surface area contributed by atoms with E-state index in [4.69, 9.17) is 0 Å². The van der Waals surface area contributed by atoms with Crippen LogP contribution in [0.15, 0.2) is 42.5 Å². The van der Waals surface area contributed by atoms with Gasteiger partial charge in [-0.1, -0.05) is 24.3 Å². The zero-order valence-corrected chi connectivity index (χ0v) is 15.9. The van der Waals surface area contributed by atoms with Crippen LogP contribution in [0.2, 0.25) is 0 Å². The smallest absolute Gasteiger partial charge is 0.237 e. The Balaban J connectivity index is 1.84. The van der Waals surface area contributed by atoms with Crippen LogP contribution in [0.5, 0.6) is 0 Å². The van der Waals surface area contributed by atoms with E-state index in [1.54, 1.807) is 0 Å². The van der Waals surface area contributed by atoms with Crippen LogP contribution in [0, 0.1) is 20.8 Å². The minimum atomic E-state index is -0.317. The van der Waals surface area contributed by atoms with Crippen LogP contribution < -0.4 is 10.6 Å². The standard InChI is InChI=1S/C20H24N2O2S/c1-13-6-5-7-17(10-13)21-19(23)12-25-16(4)20(24)22-18-11-14(2)8-9-15(18)3/h5-11,16H,12H2,1-4H3,(H,21,23)(H,22,24).